The van der Waals surface area contributed by atoms with E-state index in [-0.39, 0.29) is 0 Å². The highest BCUT2D eigenvalue weighted by molar-refractivity contribution is 7.99. The third kappa shape index (κ3) is 4.39. The van der Waals surface area contributed by atoms with Crippen molar-refractivity contribution in [3.63, 3.8) is 0 Å². The summed E-state index contributed by atoms with van der Waals surface area (Å²) in [5.41, 5.74) is 0. The van der Waals surface area contributed by atoms with E-state index < -0.39 is 0 Å². The van der Waals surface area contributed by atoms with Gasteiger partial charge in [-0.05, 0) is 31.4 Å². The Morgan fingerprint density at radius 3 is 3.08 bits per heavy atom. The predicted molar refractivity (Wildman–Crippen MR) is 58.0 cm³/mol. The SMILES string of the molecule is CSC(C)CCNCc1ccco1. The molecular weight excluding hydrogens is 182 g/mol. The van der Waals surface area contributed by atoms with Gasteiger partial charge in [-0.2, -0.15) is 11.8 Å². The van der Waals surface area contributed by atoms with Gasteiger partial charge in [0.1, 0.15) is 5.76 Å². The molecule has 3 heteroatoms. The van der Waals surface area contributed by atoms with Gasteiger partial charge in [-0.3, -0.25) is 0 Å². The van der Waals surface area contributed by atoms with E-state index in [1.807, 2.05) is 23.9 Å². The second kappa shape index (κ2) is 6.11. The van der Waals surface area contributed by atoms with Crippen LogP contribution in [0, 0.1) is 0 Å². The van der Waals surface area contributed by atoms with Crippen LogP contribution in [0.5, 0.6) is 0 Å². The number of rotatable bonds is 6. The molecule has 1 N–H and O–H groups in total. The number of nitrogens with one attached hydrogen (secondary N) is 1. The lowest BCUT2D eigenvalue weighted by atomic mass is 10.3. The second-order valence-electron chi connectivity index (χ2n) is 3.09. The highest BCUT2D eigenvalue weighted by atomic mass is 32.2. The van der Waals surface area contributed by atoms with E-state index in [1.54, 1.807) is 6.26 Å². The Bertz CT molecular complexity index is 211. The minimum absolute atomic E-state index is 0.740. The molecule has 1 aromatic heterocycles. The molecule has 0 amide bonds. The predicted octanol–water partition coefficient (Wildman–Crippen LogP) is 2.51. The zero-order chi connectivity index (χ0) is 9.52. The maximum atomic E-state index is 5.20. The van der Waals surface area contributed by atoms with Gasteiger partial charge in [0, 0.05) is 5.25 Å². The van der Waals surface area contributed by atoms with E-state index in [0.29, 0.717) is 0 Å². The van der Waals surface area contributed by atoms with Gasteiger partial charge in [-0.15, -0.1) is 0 Å². The summed E-state index contributed by atoms with van der Waals surface area (Å²) < 4.78 is 5.20. The summed E-state index contributed by atoms with van der Waals surface area (Å²) in [5.74, 6) is 1.01. The Hall–Kier alpha value is -0.410. The molecular formula is C10H17NOS. The minimum Gasteiger partial charge on any atom is -0.468 e. The molecule has 2 nitrogen and oxygen atoms in total. The molecule has 0 aromatic carbocycles. The summed E-state index contributed by atoms with van der Waals surface area (Å²) in [6, 6.07) is 3.91. The van der Waals surface area contributed by atoms with Crippen molar-refractivity contribution >= 4 is 11.8 Å². The number of furan rings is 1. The van der Waals surface area contributed by atoms with Gasteiger partial charge in [0.2, 0.25) is 0 Å². The lowest BCUT2D eigenvalue weighted by Gasteiger charge is -2.07. The van der Waals surface area contributed by atoms with Crippen molar-refractivity contribution in [3.8, 4) is 0 Å². The maximum absolute atomic E-state index is 5.20. The molecule has 13 heavy (non-hydrogen) atoms. The van der Waals surface area contributed by atoms with Gasteiger partial charge in [0.15, 0.2) is 0 Å². The van der Waals surface area contributed by atoms with Crippen LogP contribution < -0.4 is 5.32 Å². The van der Waals surface area contributed by atoms with Crippen LogP contribution in [-0.4, -0.2) is 18.1 Å². The highest BCUT2D eigenvalue weighted by Crippen LogP contribution is 2.08. The molecule has 0 aliphatic rings. The Balaban J connectivity index is 2.02. The highest BCUT2D eigenvalue weighted by Gasteiger charge is 1.98. The fraction of sp³-hybridized carbons (Fsp3) is 0.600. The molecule has 0 saturated heterocycles. The first-order valence-corrected chi connectivity index (χ1v) is 5.87. The van der Waals surface area contributed by atoms with Crippen molar-refractivity contribution in [1.29, 1.82) is 0 Å². The van der Waals surface area contributed by atoms with Gasteiger partial charge in [-0.25, -0.2) is 0 Å². The Morgan fingerprint density at radius 1 is 1.62 bits per heavy atom. The third-order valence-corrected chi connectivity index (χ3v) is 3.05. The Morgan fingerprint density at radius 2 is 2.46 bits per heavy atom. The molecule has 1 heterocycles. The van der Waals surface area contributed by atoms with Crippen molar-refractivity contribution in [3.05, 3.63) is 24.2 Å². The largest absolute Gasteiger partial charge is 0.468 e. The molecule has 0 radical (unpaired) electrons. The quantitative estimate of drug-likeness (QED) is 0.713. The molecule has 0 fully saturated rings. The minimum atomic E-state index is 0.740. The zero-order valence-electron chi connectivity index (χ0n) is 8.25. The molecule has 0 aliphatic heterocycles. The Labute approximate surface area is 84.1 Å². The number of thioether (sulfide) groups is 1. The van der Waals surface area contributed by atoms with Crippen molar-refractivity contribution < 1.29 is 4.42 Å². The fourth-order valence-electron chi connectivity index (χ4n) is 1.05. The summed E-state index contributed by atoms with van der Waals surface area (Å²) >= 11 is 1.91. The smallest absolute Gasteiger partial charge is 0.117 e. The summed E-state index contributed by atoms with van der Waals surface area (Å²) in [5, 5.41) is 4.09. The van der Waals surface area contributed by atoms with Crippen molar-refractivity contribution in [2.45, 2.75) is 25.1 Å². The summed E-state index contributed by atoms with van der Waals surface area (Å²) in [7, 11) is 0. The van der Waals surface area contributed by atoms with Crippen LogP contribution in [0.2, 0.25) is 0 Å². The van der Waals surface area contributed by atoms with Crippen LogP contribution in [-0.2, 0) is 6.54 Å². The first-order valence-electron chi connectivity index (χ1n) is 4.59. The molecule has 0 bridgehead atoms. The first kappa shape index (κ1) is 10.7. The lowest BCUT2D eigenvalue weighted by molar-refractivity contribution is 0.481. The van der Waals surface area contributed by atoms with Gasteiger partial charge in [-0.1, -0.05) is 6.92 Å². The van der Waals surface area contributed by atoms with Gasteiger partial charge in [0.05, 0.1) is 12.8 Å². The van der Waals surface area contributed by atoms with E-state index in [0.717, 1.165) is 24.1 Å². The van der Waals surface area contributed by atoms with Crippen LogP contribution in [0.15, 0.2) is 22.8 Å². The van der Waals surface area contributed by atoms with Crippen LogP contribution in [0.25, 0.3) is 0 Å². The van der Waals surface area contributed by atoms with E-state index in [2.05, 4.69) is 18.5 Å². The maximum Gasteiger partial charge on any atom is 0.117 e. The molecule has 74 valence electrons. The molecule has 0 saturated carbocycles. The number of hydrogen-bond donors (Lipinski definition) is 1. The van der Waals surface area contributed by atoms with E-state index in [1.165, 1.54) is 6.42 Å². The van der Waals surface area contributed by atoms with Crippen molar-refractivity contribution in [2.24, 2.45) is 0 Å². The summed E-state index contributed by atoms with van der Waals surface area (Å²) in [6.45, 7) is 4.15. The van der Waals surface area contributed by atoms with Crippen molar-refractivity contribution in [1.82, 2.24) is 5.32 Å². The number of hydrogen-bond acceptors (Lipinski definition) is 3. The van der Waals surface area contributed by atoms with Gasteiger partial charge in [0.25, 0.3) is 0 Å². The topological polar surface area (TPSA) is 25.2 Å². The molecule has 1 atom stereocenters. The molecule has 0 aliphatic carbocycles. The van der Waals surface area contributed by atoms with E-state index >= 15 is 0 Å². The third-order valence-electron chi connectivity index (χ3n) is 2.01. The first-order chi connectivity index (χ1) is 6.33. The average Bonchev–Trinajstić information content (AvgIpc) is 2.64. The molecule has 1 aromatic rings. The fourth-order valence-corrected chi connectivity index (χ4v) is 1.40. The van der Waals surface area contributed by atoms with E-state index in [9.17, 15) is 0 Å². The van der Waals surface area contributed by atoms with Gasteiger partial charge >= 0.3 is 0 Å². The summed E-state index contributed by atoms with van der Waals surface area (Å²) in [4.78, 5) is 0. The van der Waals surface area contributed by atoms with Crippen LogP contribution in [0.4, 0.5) is 0 Å². The normalized spacial score (nSPS) is 13.1. The Kier molecular flexibility index (Phi) is 5.01. The lowest BCUT2D eigenvalue weighted by Crippen LogP contribution is -2.17. The van der Waals surface area contributed by atoms with Crippen LogP contribution in [0.1, 0.15) is 19.1 Å². The zero-order valence-corrected chi connectivity index (χ0v) is 9.06. The molecule has 1 unspecified atom stereocenters. The standard InChI is InChI=1S/C10H17NOS/c1-9(13-2)5-6-11-8-10-4-3-7-12-10/h3-4,7,9,11H,5-6,8H2,1-2H3. The molecule has 1 rings (SSSR count). The second-order valence-corrected chi connectivity index (χ2v) is 4.37. The molecule has 0 spiro atoms. The van der Waals surface area contributed by atoms with Crippen LogP contribution >= 0.6 is 11.8 Å². The monoisotopic (exact) mass is 199 g/mol. The van der Waals surface area contributed by atoms with Crippen LogP contribution in [0.3, 0.4) is 0 Å². The average molecular weight is 199 g/mol. The van der Waals surface area contributed by atoms with Gasteiger partial charge < -0.3 is 9.73 Å². The van der Waals surface area contributed by atoms with Crippen molar-refractivity contribution in [2.75, 3.05) is 12.8 Å². The summed E-state index contributed by atoms with van der Waals surface area (Å²) in [6.07, 6.45) is 5.07. The van der Waals surface area contributed by atoms with E-state index in [4.69, 9.17) is 4.42 Å².